The van der Waals surface area contributed by atoms with Crippen molar-refractivity contribution in [1.29, 1.82) is 0 Å². The molecule has 1 amide bonds. The smallest absolute Gasteiger partial charge is 0.307 e. The molecule has 0 aliphatic carbocycles. The van der Waals surface area contributed by atoms with E-state index in [1.165, 1.54) is 37.6 Å². The number of nitrogens with one attached hydrogen (secondary N) is 1. The predicted octanol–water partition coefficient (Wildman–Crippen LogP) is 4.95. The third-order valence-electron chi connectivity index (χ3n) is 5.43. The topological polar surface area (TPSA) is 121 Å². The number of methoxy groups -OCH3 is 1. The molecule has 0 radical (unpaired) electrons. The van der Waals surface area contributed by atoms with Crippen molar-refractivity contribution in [2.24, 2.45) is 5.10 Å². The first-order chi connectivity index (χ1) is 17.4. The maximum atomic E-state index is 12.4. The zero-order valence-electron chi connectivity index (χ0n) is 19.9. The van der Waals surface area contributed by atoms with Gasteiger partial charge >= 0.3 is 5.91 Å². The number of aryl methyl sites for hydroxylation is 2. The monoisotopic (exact) mass is 488 g/mol. The van der Waals surface area contributed by atoms with Gasteiger partial charge in [0.2, 0.25) is 0 Å². The Labute approximate surface area is 206 Å². The lowest BCUT2D eigenvalue weighted by Gasteiger charge is -2.10. The quantitative estimate of drug-likeness (QED) is 0.202. The third kappa shape index (κ3) is 5.44. The highest BCUT2D eigenvalue weighted by molar-refractivity contribution is 5.93. The van der Waals surface area contributed by atoms with E-state index in [0.717, 1.165) is 17.1 Å². The second kappa shape index (κ2) is 10.6. The van der Waals surface area contributed by atoms with E-state index < -0.39 is 10.8 Å². The molecule has 0 bridgehead atoms. The lowest BCUT2D eigenvalue weighted by Crippen LogP contribution is -2.16. The van der Waals surface area contributed by atoms with Crippen LogP contribution in [0.3, 0.4) is 0 Å². The second-order valence-corrected chi connectivity index (χ2v) is 7.88. The highest BCUT2D eigenvalue weighted by Crippen LogP contribution is 2.23. The summed E-state index contributed by atoms with van der Waals surface area (Å²) >= 11 is 0. The number of nitro groups is 1. The number of nitro benzene ring substituents is 1. The fraction of sp³-hybridized carbons (Fsp3) is 0.154. The highest BCUT2D eigenvalue weighted by Gasteiger charge is 2.13. The maximum Gasteiger partial charge on any atom is 0.307 e. The predicted molar refractivity (Wildman–Crippen MR) is 133 cm³/mol. The fourth-order valence-electron chi connectivity index (χ4n) is 3.65. The van der Waals surface area contributed by atoms with Crippen molar-refractivity contribution >= 4 is 17.8 Å². The summed E-state index contributed by atoms with van der Waals surface area (Å²) in [7, 11) is 1.43. The van der Waals surface area contributed by atoms with Crippen LogP contribution in [0.4, 0.5) is 5.69 Å². The molecule has 2 aromatic carbocycles. The summed E-state index contributed by atoms with van der Waals surface area (Å²) in [5.74, 6) is 0.974. The lowest BCUT2D eigenvalue weighted by molar-refractivity contribution is -0.384. The first-order valence-corrected chi connectivity index (χ1v) is 11.0. The number of rotatable bonds is 9. The van der Waals surface area contributed by atoms with Crippen LogP contribution in [0.25, 0.3) is 5.69 Å². The Bertz CT molecular complexity index is 1400. The van der Waals surface area contributed by atoms with Gasteiger partial charge in [0.05, 0.1) is 18.2 Å². The van der Waals surface area contributed by atoms with E-state index in [1.807, 2.05) is 24.3 Å². The third-order valence-corrected chi connectivity index (χ3v) is 5.43. The van der Waals surface area contributed by atoms with Crippen LogP contribution in [0, 0.1) is 24.0 Å². The molecule has 2 heterocycles. The maximum absolute atomic E-state index is 12.4. The first-order valence-electron chi connectivity index (χ1n) is 11.0. The van der Waals surface area contributed by atoms with Crippen LogP contribution in [-0.2, 0) is 6.61 Å². The number of hydrazone groups is 1. The summed E-state index contributed by atoms with van der Waals surface area (Å²) in [5.41, 5.74) is 5.89. The van der Waals surface area contributed by atoms with Crippen molar-refractivity contribution in [2.75, 3.05) is 7.11 Å². The van der Waals surface area contributed by atoms with Gasteiger partial charge in [-0.05, 0) is 68.4 Å². The Morgan fingerprint density at radius 1 is 1.08 bits per heavy atom. The number of aromatic nitrogens is 1. The Balaban J connectivity index is 1.34. The van der Waals surface area contributed by atoms with Gasteiger partial charge in [0.1, 0.15) is 23.9 Å². The Kier molecular flexibility index (Phi) is 7.15. The van der Waals surface area contributed by atoms with Crippen molar-refractivity contribution in [3.05, 3.63) is 105 Å². The van der Waals surface area contributed by atoms with Gasteiger partial charge in [0, 0.05) is 34.8 Å². The lowest BCUT2D eigenvalue weighted by atomic mass is 10.2. The zero-order chi connectivity index (χ0) is 25.7. The number of carbonyl (C=O) groups excluding carboxylic acids is 1. The van der Waals surface area contributed by atoms with Gasteiger partial charge < -0.3 is 18.5 Å². The SMILES string of the molecule is COc1ccc([N+](=O)[O-])cc1/C=N/NC(=O)c1ccc(COc2ccc(-n3c(C)ccc3C)cc2)o1. The number of carbonyl (C=O) groups is 1. The number of hydrogen-bond acceptors (Lipinski definition) is 7. The van der Waals surface area contributed by atoms with Gasteiger partial charge in [-0.25, -0.2) is 5.43 Å². The summed E-state index contributed by atoms with van der Waals surface area (Å²) < 4.78 is 18.6. The van der Waals surface area contributed by atoms with E-state index in [2.05, 4.69) is 41.1 Å². The Hall–Kier alpha value is -4.86. The number of benzene rings is 2. The minimum atomic E-state index is -0.580. The summed E-state index contributed by atoms with van der Waals surface area (Å²) in [4.78, 5) is 22.8. The fourth-order valence-corrected chi connectivity index (χ4v) is 3.65. The molecule has 184 valence electrons. The van der Waals surface area contributed by atoms with Gasteiger partial charge in [0.25, 0.3) is 5.69 Å². The van der Waals surface area contributed by atoms with E-state index in [1.54, 1.807) is 6.07 Å². The van der Waals surface area contributed by atoms with Crippen molar-refractivity contribution in [2.45, 2.75) is 20.5 Å². The molecular weight excluding hydrogens is 464 g/mol. The van der Waals surface area contributed by atoms with E-state index in [4.69, 9.17) is 13.9 Å². The molecule has 1 N–H and O–H groups in total. The van der Waals surface area contributed by atoms with Crippen molar-refractivity contribution in [1.82, 2.24) is 9.99 Å². The van der Waals surface area contributed by atoms with E-state index in [0.29, 0.717) is 22.8 Å². The van der Waals surface area contributed by atoms with Gasteiger partial charge in [-0.15, -0.1) is 0 Å². The van der Waals surface area contributed by atoms with Gasteiger partial charge in [-0.2, -0.15) is 5.10 Å². The minimum absolute atomic E-state index is 0.0469. The molecule has 0 atom stereocenters. The van der Waals surface area contributed by atoms with Crippen LogP contribution in [0.15, 0.2) is 76.2 Å². The molecule has 0 saturated carbocycles. The van der Waals surface area contributed by atoms with Gasteiger partial charge in [-0.3, -0.25) is 14.9 Å². The number of nitrogens with zero attached hydrogens (tertiary/aromatic N) is 3. The second-order valence-electron chi connectivity index (χ2n) is 7.88. The van der Waals surface area contributed by atoms with Crippen LogP contribution >= 0.6 is 0 Å². The molecule has 36 heavy (non-hydrogen) atoms. The van der Waals surface area contributed by atoms with E-state index in [-0.39, 0.29) is 18.1 Å². The number of non-ortho nitro benzene ring substituents is 1. The van der Waals surface area contributed by atoms with Gasteiger partial charge in [0.15, 0.2) is 5.76 Å². The van der Waals surface area contributed by atoms with Crippen LogP contribution in [-0.4, -0.2) is 28.7 Å². The zero-order valence-corrected chi connectivity index (χ0v) is 19.9. The summed E-state index contributed by atoms with van der Waals surface area (Å²) in [6, 6.07) is 19.1. The molecule has 4 aromatic rings. The van der Waals surface area contributed by atoms with E-state index >= 15 is 0 Å². The average molecular weight is 489 g/mol. The first kappa shape index (κ1) is 24.3. The number of amides is 1. The molecule has 10 heteroatoms. The largest absolute Gasteiger partial charge is 0.496 e. The molecule has 0 saturated heterocycles. The number of furan rings is 1. The molecule has 0 aliphatic rings. The number of ether oxygens (including phenoxy) is 2. The Morgan fingerprint density at radius 3 is 2.47 bits per heavy atom. The summed E-state index contributed by atoms with van der Waals surface area (Å²) in [5, 5.41) is 14.8. The molecule has 4 rings (SSSR count). The number of hydrogen-bond donors (Lipinski definition) is 1. The van der Waals surface area contributed by atoms with Crippen LogP contribution in [0.2, 0.25) is 0 Å². The molecule has 2 aromatic heterocycles. The molecule has 0 spiro atoms. The van der Waals surface area contributed by atoms with Crippen LogP contribution in [0.1, 0.15) is 33.3 Å². The van der Waals surface area contributed by atoms with Crippen molar-refractivity contribution in [3.8, 4) is 17.2 Å². The highest BCUT2D eigenvalue weighted by atomic mass is 16.6. The van der Waals surface area contributed by atoms with E-state index in [9.17, 15) is 14.9 Å². The average Bonchev–Trinajstić information content (AvgIpc) is 3.49. The Morgan fingerprint density at radius 2 is 1.81 bits per heavy atom. The standard InChI is InChI=1S/C26H24N4O6/c1-17-4-5-18(2)29(17)20-6-9-22(10-7-20)35-16-23-11-13-25(36-23)26(31)28-27-15-19-14-21(30(32)33)8-12-24(19)34-3/h4-15H,16H2,1-3H3,(H,28,31)/b27-15+. The normalized spacial score (nSPS) is 11.0. The minimum Gasteiger partial charge on any atom is -0.496 e. The molecular formula is C26H24N4O6. The van der Waals surface area contributed by atoms with Crippen molar-refractivity contribution in [3.63, 3.8) is 0 Å². The summed E-state index contributed by atoms with van der Waals surface area (Å²) in [6.45, 7) is 4.25. The van der Waals surface area contributed by atoms with Gasteiger partial charge in [-0.1, -0.05) is 0 Å². The van der Waals surface area contributed by atoms with Crippen LogP contribution < -0.4 is 14.9 Å². The molecule has 10 nitrogen and oxygen atoms in total. The summed E-state index contributed by atoms with van der Waals surface area (Å²) in [6.07, 6.45) is 1.26. The van der Waals surface area contributed by atoms with Crippen molar-refractivity contribution < 1.29 is 23.6 Å². The molecule has 0 unspecified atom stereocenters. The molecule has 0 fully saturated rings. The molecule has 0 aliphatic heterocycles. The van der Waals surface area contributed by atoms with Crippen LogP contribution in [0.5, 0.6) is 11.5 Å².